The lowest BCUT2D eigenvalue weighted by Gasteiger charge is -2.34. The Morgan fingerprint density at radius 3 is 2.37 bits per heavy atom. The highest BCUT2D eigenvalue weighted by Crippen LogP contribution is 2.27. The van der Waals surface area contributed by atoms with Crippen LogP contribution in [0.2, 0.25) is 0 Å². The van der Waals surface area contributed by atoms with E-state index in [9.17, 15) is 0 Å². The number of nitrogens with zero attached hydrogens (tertiary/aromatic N) is 4. The lowest BCUT2D eigenvalue weighted by molar-refractivity contribution is 0.118. The third-order valence-electron chi connectivity index (χ3n) is 3.52. The monoisotopic (exact) mass is 309 g/mol. The quantitative estimate of drug-likeness (QED) is 0.880. The molecule has 1 aliphatic carbocycles. The van der Waals surface area contributed by atoms with Gasteiger partial charge in [0, 0.05) is 32.2 Å². The summed E-state index contributed by atoms with van der Waals surface area (Å²) in [5.74, 6) is 1.28. The van der Waals surface area contributed by atoms with Gasteiger partial charge >= 0.3 is 0 Å². The molecule has 0 spiro atoms. The van der Waals surface area contributed by atoms with E-state index >= 15 is 0 Å². The summed E-state index contributed by atoms with van der Waals surface area (Å²) in [6.45, 7) is 5.65. The molecular formula is C11H21Cl2N5O. The van der Waals surface area contributed by atoms with Crippen LogP contribution in [0.4, 0.5) is 0 Å². The summed E-state index contributed by atoms with van der Waals surface area (Å²) in [5, 5.41) is 3.93. The van der Waals surface area contributed by atoms with Crippen LogP contribution in [0.5, 0.6) is 0 Å². The Morgan fingerprint density at radius 1 is 1.16 bits per heavy atom. The Balaban J connectivity index is 0.000000902. The van der Waals surface area contributed by atoms with Crippen LogP contribution in [0.15, 0.2) is 4.52 Å². The lowest BCUT2D eigenvalue weighted by atomic mass is 10.3. The fourth-order valence-corrected chi connectivity index (χ4v) is 2.36. The molecule has 1 saturated carbocycles. The number of halogens is 2. The van der Waals surface area contributed by atoms with E-state index < -0.39 is 0 Å². The van der Waals surface area contributed by atoms with Crippen molar-refractivity contribution in [1.82, 2.24) is 19.9 Å². The Hall–Kier alpha value is -0.400. The predicted molar refractivity (Wildman–Crippen MR) is 76.6 cm³/mol. The molecule has 0 aromatic carbocycles. The van der Waals surface area contributed by atoms with Crippen LogP contribution in [0.25, 0.3) is 0 Å². The van der Waals surface area contributed by atoms with E-state index in [0.29, 0.717) is 12.4 Å². The molecule has 110 valence electrons. The molecular weight excluding hydrogens is 289 g/mol. The van der Waals surface area contributed by atoms with Gasteiger partial charge in [0.05, 0.1) is 13.1 Å². The van der Waals surface area contributed by atoms with E-state index in [4.69, 9.17) is 10.3 Å². The van der Waals surface area contributed by atoms with Crippen molar-refractivity contribution in [3.05, 3.63) is 11.7 Å². The summed E-state index contributed by atoms with van der Waals surface area (Å²) < 4.78 is 5.00. The maximum absolute atomic E-state index is 5.44. The fourth-order valence-electron chi connectivity index (χ4n) is 2.36. The molecule has 0 atom stereocenters. The second-order valence-corrected chi connectivity index (χ2v) is 4.85. The van der Waals surface area contributed by atoms with Gasteiger partial charge in [-0.05, 0) is 12.8 Å². The van der Waals surface area contributed by atoms with Crippen LogP contribution in [0, 0.1) is 0 Å². The highest BCUT2D eigenvalue weighted by molar-refractivity contribution is 5.85. The largest absolute Gasteiger partial charge is 0.338 e. The van der Waals surface area contributed by atoms with E-state index in [1.54, 1.807) is 0 Å². The molecule has 0 amide bonds. The van der Waals surface area contributed by atoms with Gasteiger partial charge in [-0.25, -0.2) is 0 Å². The maximum Gasteiger partial charge on any atom is 0.240 e. The standard InChI is InChI=1S/C11H19N5O.2ClH/c12-7-11-13-10(14-17-11)8-15-3-5-16(6-4-15)9-1-2-9;;/h9H,1-8,12H2;2*1H. The van der Waals surface area contributed by atoms with Gasteiger partial charge < -0.3 is 10.3 Å². The highest BCUT2D eigenvalue weighted by Gasteiger charge is 2.31. The average Bonchev–Trinajstić information content (AvgIpc) is 3.11. The molecule has 3 rings (SSSR count). The van der Waals surface area contributed by atoms with Gasteiger partial charge in [-0.3, -0.25) is 9.80 Å². The summed E-state index contributed by atoms with van der Waals surface area (Å²) in [4.78, 5) is 9.21. The van der Waals surface area contributed by atoms with E-state index in [0.717, 1.165) is 31.5 Å². The number of hydrogen-bond acceptors (Lipinski definition) is 6. The SMILES string of the molecule is Cl.Cl.NCc1nc(CN2CCN(C3CC3)CC2)no1. The van der Waals surface area contributed by atoms with Crippen molar-refractivity contribution in [2.24, 2.45) is 5.73 Å². The number of aromatic nitrogens is 2. The summed E-state index contributed by atoms with van der Waals surface area (Å²) in [7, 11) is 0. The predicted octanol–water partition coefficient (Wildman–Crippen LogP) is 0.652. The van der Waals surface area contributed by atoms with Gasteiger partial charge in [-0.15, -0.1) is 24.8 Å². The first kappa shape index (κ1) is 16.7. The molecule has 2 aliphatic rings. The Bertz CT molecular complexity index is 377. The first-order chi connectivity index (χ1) is 8.35. The Labute approximate surface area is 125 Å². The zero-order valence-electron chi connectivity index (χ0n) is 10.8. The molecule has 1 aromatic rings. The lowest BCUT2D eigenvalue weighted by Crippen LogP contribution is -2.46. The van der Waals surface area contributed by atoms with Gasteiger partial charge in [0.1, 0.15) is 0 Å². The van der Waals surface area contributed by atoms with Gasteiger partial charge in [0.15, 0.2) is 5.82 Å². The molecule has 1 saturated heterocycles. The topological polar surface area (TPSA) is 71.4 Å². The first-order valence-corrected chi connectivity index (χ1v) is 6.33. The van der Waals surface area contributed by atoms with Crippen LogP contribution in [0.3, 0.4) is 0 Å². The van der Waals surface area contributed by atoms with Crippen LogP contribution in [-0.2, 0) is 13.1 Å². The van der Waals surface area contributed by atoms with Crippen LogP contribution in [0.1, 0.15) is 24.6 Å². The van der Waals surface area contributed by atoms with Crippen LogP contribution >= 0.6 is 24.8 Å². The van der Waals surface area contributed by atoms with Crippen molar-refractivity contribution >= 4 is 24.8 Å². The van der Waals surface area contributed by atoms with Gasteiger partial charge in [0.25, 0.3) is 0 Å². The molecule has 0 unspecified atom stereocenters. The molecule has 0 radical (unpaired) electrons. The minimum absolute atomic E-state index is 0. The summed E-state index contributed by atoms with van der Waals surface area (Å²) in [5.41, 5.74) is 5.44. The molecule has 19 heavy (non-hydrogen) atoms. The van der Waals surface area contributed by atoms with Crippen molar-refractivity contribution in [2.45, 2.75) is 32.0 Å². The smallest absolute Gasteiger partial charge is 0.240 e. The Kier molecular flexibility index (Phi) is 6.49. The molecule has 2 N–H and O–H groups in total. The summed E-state index contributed by atoms with van der Waals surface area (Å²) in [6, 6.07) is 0.881. The zero-order valence-corrected chi connectivity index (χ0v) is 12.5. The van der Waals surface area contributed by atoms with Crippen molar-refractivity contribution in [3.8, 4) is 0 Å². The molecule has 6 nitrogen and oxygen atoms in total. The molecule has 2 heterocycles. The molecule has 8 heteroatoms. The van der Waals surface area contributed by atoms with Crippen molar-refractivity contribution < 1.29 is 4.52 Å². The minimum Gasteiger partial charge on any atom is -0.338 e. The van der Waals surface area contributed by atoms with E-state index in [1.807, 2.05) is 0 Å². The van der Waals surface area contributed by atoms with Crippen LogP contribution in [-0.4, -0.2) is 52.2 Å². The van der Waals surface area contributed by atoms with Crippen molar-refractivity contribution in [1.29, 1.82) is 0 Å². The Morgan fingerprint density at radius 2 is 1.84 bits per heavy atom. The van der Waals surface area contributed by atoms with Gasteiger partial charge in [0.2, 0.25) is 5.89 Å². The molecule has 1 aliphatic heterocycles. The van der Waals surface area contributed by atoms with Crippen molar-refractivity contribution in [2.75, 3.05) is 26.2 Å². The van der Waals surface area contributed by atoms with Crippen molar-refractivity contribution in [3.63, 3.8) is 0 Å². The second kappa shape index (κ2) is 7.40. The number of piperazine rings is 1. The molecule has 1 aromatic heterocycles. The highest BCUT2D eigenvalue weighted by atomic mass is 35.5. The van der Waals surface area contributed by atoms with E-state index in [-0.39, 0.29) is 24.8 Å². The first-order valence-electron chi connectivity index (χ1n) is 6.33. The van der Waals surface area contributed by atoms with E-state index in [1.165, 1.54) is 25.9 Å². The normalized spacial score (nSPS) is 20.7. The third-order valence-corrected chi connectivity index (χ3v) is 3.52. The summed E-state index contributed by atoms with van der Waals surface area (Å²) >= 11 is 0. The number of hydrogen-bond donors (Lipinski definition) is 1. The summed E-state index contributed by atoms with van der Waals surface area (Å²) in [6.07, 6.45) is 2.79. The third kappa shape index (κ3) is 4.29. The van der Waals surface area contributed by atoms with Gasteiger partial charge in [-0.2, -0.15) is 4.98 Å². The average molecular weight is 310 g/mol. The molecule has 2 fully saturated rings. The maximum atomic E-state index is 5.44. The van der Waals surface area contributed by atoms with E-state index in [2.05, 4.69) is 19.9 Å². The molecule has 0 bridgehead atoms. The van der Waals surface area contributed by atoms with Crippen LogP contribution < -0.4 is 5.73 Å². The fraction of sp³-hybridized carbons (Fsp3) is 0.818. The number of rotatable bonds is 4. The number of nitrogens with two attached hydrogens (primary N) is 1. The van der Waals surface area contributed by atoms with Gasteiger partial charge in [-0.1, -0.05) is 5.16 Å². The zero-order chi connectivity index (χ0) is 11.7. The minimum atomic E-state index is 0. The second-order valence-electron chi connectivity index (χ2n) is 4.85.